The molecular formula is C16H22N2O. The molecular weight excluding hydrogens is 236 g/mol. The summed E-state index contributed by atoms with van der Waals surface area (Å²) in [5.41, 5.74) is 6.85. The summed E-state index contributed by atoms with van der Waals surface area (Å²) in [6.07, 6.45) is 3.53. The van der Waals surface area contributed by atoms with E-state index in [-0.39, 0.29) is 11.8 Å². The number of carbonyl (C=O) groups excluding carboxylic acids is 1. The Kier molecular flexibility index (Phi) is 3.56. The molecule has 1 aliphatic carbocycles. The van der Waals surface area contributed by atoms with E-state index in [1.54, 1.807) is 0 Å². The summed E-state index contributed by atoms with van der Waals surface area (Å²) in [7, 11) is 0. The molecule has 2 fully saturated rings. The van der Waals surface area contributed by atoms with E-state index < -0.39 is 0 Å². The molecule has 3 nitrogen and oxygen atoms in total. The average Bonchev–Trinajstić information content (AvgIpc) is 3.05. The van der Waals surface area contributed by atoms with Gasteiger partial charge in [-0.05, 0) is 49.8 Å². The van der Waals surface area contributed by atoms with Gasteiger partial charge in [0.05, 0.1) is 5.92 Å². The van der Waals surface area contributed by atoms with Crippen LogP contribution in [0.15, 0.2) is 30.3 Å². The number of carbonyl (C=O) groups is 1. The van der Waals surface area contributed by atoms with Gasteiger partial charge in [-0.3, -0.25) is 4.79 Å². The van der Waals surface area contributed by atoms with Crippen LogP contribution in [0.25, 0.3) is 0 Å². The van der Waals surface area contributed by atoms with E-state index in [2.05, 4.69) is 35.2 Å². The van der Waals surface area contributed by atoms with Crippen LogP contribution >= 0.6 is 0 Å². The predicted octanol–water partition coefficient (Wildman–Crippen LogP) is 1.99. The van der Waals surface area contributed by atoms with Crippen LogP contribution in [0, 0.1) is 11.8 Å². The summed E-state index contributed by atoms with van der Waals surface area (Å²) in [6, 6.07) is 10.8. The largest absolute Gasteiger partial charge is 0.369 e. The Labute approximate surface area is 114 Å². The molecule has 1 saturated carbocycles. The topological polar surface area (TPSA) is 46.3 Å². The third-order valence-electron chi connectivity index (χ3n) is 4.64. The molecule has 1 aliphatic heterocycles. The molecule has 1 aromatic carbocycles. The highest BCUT2D eigenvalue weighted by atomic mass is 16.1. The zero-order chi connectivity index (χ0) is 13.2. The number of primary amides is 1. The minimum absolute atomic E-state index is 0.0872. The molecule has 3 heteroatoms. The second kappa shape index (κ2) is 5.33. The fourth-order valence-corrected chi connectivity index (χ4v) is 3.29. The molecule has 3 rings (SSSR count). The van der Waals surface area contributed by atoms with Gasteiger partial charge in [0, 0.05) is 6.54 Å². The minimum Gasteiger partial charge on any atom is -0.369 e. The van der Waals surface area contributed by atoms with Gasteiger partial charge in [-0.15, -0.1) is 0 Å². The van der Waals surface area contributed by atoms with Gasteiger partial charge in [-0.2, -0.15) is 0 Å². The van der Waals surface area contributed by atoms with Crippen LogP contribution in [0.1, 0.15) is 30.7 Å². The summed E-state index contributed by atoms with van der Waals surface area (Å²) in [5.74, 6) is 1.57. The lowest BCUT2D eigenvalue weighted by Gasteiger charge is -2.14. The fraction of sp³-hybridized carbons (Fsp3) is 0.562. The van der Waals surface area contributed by atoms with Crippen LogP contribution in [0.3, 0.4) is 0 Å². The molecule has 102 valence electrons. The Morgan fingerprint density at radius 2 is 2.11 bits per heavy atom. The number of likely N-dealkylation sites (tertiary alicyclic amines) is 1. The Bertz CT molecular complexity index is 445. The van der Waals surface area contributed by atoms with Gasteiger partial charge < -0.3 is 10.6 Å². The third kappa shape index (κ3) is 2.98. The van der Waals surface area contributed by atoms with Gasteiger partial charge in [0.2, 0.25) is 5.91 Å². The first kappa shape index (κ1) is 12.7. The Morgan fingerprint density at radius 3 is 2.79 bits per heavy atom. The van der Waals surface area contributed by atoms with Crippen molar-refractivity contribution >= 4 is 5.91 Å². The van der Waals surface area contributed by atoms with Crippen molar-refractivity contribution in [2.24, 2.45) is 17.6 Å². The number of amides is 1. The maximum absolute atomic E-state index is 11.1. The molecule has 0 spiro atoms. The van der Waals surface area contributed by atoms with E-state index in [0.717, 1.165) is 37.9 Å². The lowest BCUT2D eigenvalue weighted by Crippen LogP contribution is -2.28. The Hall–Kier alpha value is -1.35. The summed E-state index contributed by atoms with van der Waals surface area (Å²) in [6.45, 7) is 3.03. The standard InChI is InChI=1S/C16H22N2O/c17-16(19)14-7-9-18(11-14)8-6-13-10-15(13)12-4-2-1-3-5-12/h1-5,13-15H,6-11H2,(H2,17,19)/t13-,14?,15+/m1/s1. The van der Waals surface area contributed by atoms with Crippen molar-refractivity contribution in [3.63, 3.8) is 0 Å². The summed E-state index contributed by atoms with van der Waals surface area (Å²) < 4.78 is 0. The summed E-state index contributed by atoms with van der Waals surface area (Å²) in [5, 5.41) is 0. The van der Waals surface area contributed by atoms with E-state index in [9.17, 15) is 4.79 Å². The van der Waals surface area contributed by atoms with Crippen LogP contribution < -0.4 is 5.73 Å². The maximum Gasteiger partial charge on any atom is 0.221 e. The number of rotatable bonds is 5. The number of nitrogens with zero attached hydrogens (tertiary/aromatic N) is 1. The lowest BCUT2D eigenvalue weighted by molar-refractivity contribution is -0.121. The van der Waals surface area contributed by atoms with Crippen molar-refractivity contribution in [1.29, 1.82) is 0 Å². The lowest BCUT2D eigenvalue weighted by atomic mass is 10.1. The van der Waals surface area contributed by atoms with Gasteiger partial charge in [0.15, 0.2) is 0 Å². The van der Waals surface area contributed by atoms with Crippen molar-refractivity contribution in [3.05, 3.63) is 35.9 Å². The average molecular weight is 258 g/mol. The monoisotopic (exact) mass is 258 g/mol. The molecule has 0 aromatic heterocycles. The molecule has 3 atom stereocenters. The van der Waals surface area contributed by atoms with Crippen molar-refractivity contribution in [2.45, 2.75) is 25.2 Å². The number of nitrogens with two attached hydrogens (primary N) is 1. The van der Waals surface area contributed by atoms with Crippen molar-refractivity contribution in [2.75, 3.05) is 19.6 Å². The molecule has 1 saturated heterocycles. The van der Waals surface area contributed by atoms with Gasteiger partial charge in [-0.25, -0.2) is 0 Å². The zero-order valence-electron chi connectivity index (χ0n) is 11.3. The van der Waals surface area contributed by atoms with Crippen molar-refractivity contribution < 1.29 is 4.79 Å². The van der Waals surface area contributed by atoms with E-state index in [4.69, 9.17) is 5.73 Å². The van der Waals surface area contributed by atoms with E-state index in [1.165, 1.54) is 18.4 Å². The van der Waals surface area contributed by atoms with Crippen LogP contribution in [-0.2, 0) is 4.79 Å². The van der Waals surface area contributed by atoms with Crippen LogP contribution in [0.5, 0.6) is 0 Å². The molecule has 2 aliphatic rings. The number of hydrogen-bond donors (Lipinski definition) is 1. The molecule has 0 radical (unpaired) electrons. The third-order valence-corrected chi connectivity index (χ3v) is 4.64. The zero-order valence-corrected chi connectivity index (χ0v) is 11.3. The van der Waals surface area contributed by atoms with Crippen LogP contribution in [0.4, 0.5) is 0 Å². The van der Waals surface area contributed by atoms with E-state index in [1.807, 2.05) is 0 Å². The first-order valence-corrected chi connectivity index (χ1v) is 7.30. The smallest absolute Gasteiger partial charge is 0.221 e. The number of hydrogen-bond acceptors (Lipinski definition) is 2. The summed E-state index contributed by atoms with van der Waals surface area (Å²) in [4.78, 5) is 13.5. The second-order valence-electron chi connectivity index (χ2n) is 5.99. The maximum atomic E-state index is 11.1. The molecule has 1 amide bonds. The van der Waals surface area contributed by atoms with Crippen LogP contribution in [0.2, 0.25) is 0 Å². The van der Waals surface area contributed by atoms with Gasteiger partial charge in [0.25, 0.3) is 0 Å². The first-order chi connectivity index (χ1) is 9.24. The van der Waals surface area contributed by atoms with E-state index >= 15 is 0 Å². The first-order valence-electron chi connectivity index (χ1n) is 7.30. The molecule has 2 N–H and O–H groups in total. The Balaban J connectivity index is 1.42. The fourth-order valence-electron chi connectivity index (χ4n) is 3.29. The highest BCUT2D eigenvalue weighted by Gasteiger charge is 2.38. The van der Waals surface area contributed by atoms with Gasteiger partial charge >= 0.3 is 0 Å². The molecule has 19 heavy (non-hydrogen) atoms. The molecule has 1 unspecified atom stereocenters. The normalized spacial score (nSPS) is 30.4. The second-order valence-corrected chi connectivity index (χ2v) is 5.99. The van der Waals surface area contributed by atoms with E-state index in [0.29, 0.717) is 0 Å². The van der Waals surface area contributed by atoms with Gasteiger partial charge in [0.1, 0.15) is 0 Å². The SMILES string of the molecule is NC(=O)C1CCN(CC[C@@H]2C[C@H]2c2ccccc2)C1. The van der Waals surface area contributed by atoms with Gasteiger partial charge in [-0.1, -0.05) is 30.3 Å². The number of benzene rings is 1. The quantitative estimate of drug-likeness (QED) is 0.878. The minimum atomic E-state index is -0.129. The molecule has 1 heterocycles. The molecule has 1 aromatic rings. The molecule has 0 bridgehead atoms. The predicted molar refractivity (Wildman–Crippen MR) is 75.6 cm³/mol. The van der Waals surface area contributed by atoms with Crippen LogP contribution in [-0.4, -0.2) is 30.4 Å². The Morgan fingerprint density at radius 1 is 1.32 bits per heavy atom. The highest BCUT2D eigenvalue weighted by molar-refractivity contribution is 5.77. The van der Waals surface area contributed by atoms with Crippen molar-refractivity contribution in [1.82, 2.24) is 4.90 Å². The summed E-state index contributed by atoms with van der Waals surface area (Å²) >= 11 is 0. The highest BCUT2D eigenvalue weighted by Crippen LogP contribution is 2.49. The van der Waals surface area contributed by atoms with Crippen molar-refractivity contribution in [3.8, 4) is 0 Å².